The number of rotatable bonds is 5. The van der Waals surface area contributed by atoms with Crippen LogP contribution in [0.4, 0.5) is 0 Å². The highest BCUT2D eigenvalue weighted by molar-refractivity contribution is 7.99. The molecule has 0 fully saturated rings. The summed E-state index contributed by atoms with van der Waals surface area (Å²) in [5.41, 5.74) is 3.18. The zero-order valence-corrected chi connectivity index (χ0v) is 14.6. The number of fused-ring (bicyclic) bond motifs is 1. The number of nitrogens with one attached hydrogen (secondary N) is 1. The first-order valence-electron chi connectivity index (χ1n) is 7.45. The van der Waals surface area contributed by atoms with E-state index < -0.39 is 0 Å². The van der Waals surface area contributed by atoms with Crippen LogP contribution < -0.4 is 4.72 Å². The first kappa shape index (κ1) is 16.0. The number of hydrogen-bond acceptors (Lipinski definition) is 5. The van der Waals surface area contributed by atoms with Crippen LogP contribution in [0.25, 0.3) is 21.3 Å². The van der Waals surface area contributed by atoms with Crippen molar-refractivity contribution in [2.45, 2.75) is 24.6 Å². The minimum Gasteiger partial charge on any atom is -0.294 e. The van der Waals surface area contributed by atoms with Crippen molar-refractivity contribution in [2.24, 2.45) is 5.92 Å². The average molecular weight is 343 g/mol. The molecule has 3 aromatic rings. The second-order valence-electron chi connectivity index (χ2n) is 5.28. The van der Waals surface area contributed by atoms with Crippen molar-refractivity contribution >= 4 is 39.4 Å². The minimum absolute atomic E-state index is 0.0233. The molecule has 2 heterocycles. The Balaban J connectivity index is 1.78. The molecule has 6 heteroatoms. The minimum atomic E-state index is 0.0233. The highest BCUT2D eigenvalue weighted by Crippen LogP contribution is 2.31. The Labute approximate surface area is 143 Å². The SMILES string of the molecule is CCC(C)C(=O)NSc1nc2cc(-c3ccncc3)ccc2s1. The topological polar surface area (TPSA) is 54.9 Å². The number of thiazole rings is 1. The maximum atomic E-state index is 11.8. The summed E-state index contributed by atoms with van der Waals surface area (Å²) in [6, 6.07) is 10.2. The predicted molar refractivity (Wildman–Crippen MR) is 96.3 cm³/mol. The molecule has 0 spiro atoms. The maximum absolute atomic E-state index is 11.8. The van der Waals surface area contributed by atoms with Crippen LogP contribution in [0, 0.1) is 5.92 Å². The first-order chi connectivity index (χ1) is 11.2. The van der Waals surface area contributed by atoms with Crippen LogP contribution in [0.1, 0.15) is 20.3 Å². The Bertz CT molecular complexity index is 817. The number of amides is 1. The van der Waals surface area contributed by atoms with Gasteiger partial charge in [-0.2, -0.15) is 0 Å². The van der Waals surface area contributed by atoms with Crippen LogP contribution in [0.5, 0.6) is 0 Å². The van der Waals surface area contributed by atoms with Gasteiger partial charge in [0.15, 0.2) is 4.34 Å². The summed E-state index contributed by atoms with van der Waals surface area (Å²) in [5.74, 6) is 0.0735. The molecule has 1 aromatic carbocycles. The van der Waals surface area contributed by atoms with Crippen LogP contribution in [0.15, 0.2) is 47.1 Å². The van der Waals surface area contributed by atoms with E-state index in [1.54, 1.807) is 23.7 Å². The largest absolute Gasteiger partial charge is 0.294 e. The molecule has 0 aliphatic heterocycles. The molecular weight excluding hydrogens is 326 g/mol. The van der Waals surface area contributed by atoms with Crippen molar-refractivity contribution < 1.29 is 4.79 Å². The van der Waals surface area contributed by atoms with Gasteiger partial charge in [0.1, 0.15) is 0 Å². The Morgan fingerprint density at radius 3 is 2.78 bits per heavy atom. The van der Waals surface area contributed by atoms with Gasteiger partial charge in [-0.25, -0.2) is 4.98 Å². The molecule has 3 rings (SSSR count). The van der Waals surface area contributed by atoms with Gasteiger partial charge in [0, 0.05) is 30.3 Å². The molecule has 1 atom stereocenters. The van der Waals surface area contributed by atoms with E-state index in [0.717, 1.165) is 32.1 Å². The molecule has 23 heavy (non-hydrogen) atoms. The van der Waals surface area contributed by atoms with Crippen molar-refractivity contribution in [3.05, 3.63) is 42.7 Å². The fourth-order valence-corrected chi connectivity index (χ4v) is 3.83. The summed E-state index contributed by atoms with van der Waals surface area (Å²) in [4.78, 5) is 20.5. The van der Waals surface area contributed by atoms with Crippen molar-refractivity contribution in [3.8, 4) is 11.1 Å². The molecule has 0 saturated heterocycles. The van der Waals surface area contributed by atoms with Gasteiger partial charge in [0.25, 0.3) is 0 Å². The second kappa shape index (κ2) is 7.10. The predicted octanol–water partition coefficient (Wildman–Crippen LogP) is 4.53. The number of carbonyl (C=O) groups is 1. The molecule has 4 nitrogen and oxygen atoms in total. The number of aromatic nitrogens is 2. The Morgan fingerprint density at radius 1 is 1.26 bits per heavy atom. The average Bonchev–Trinajstić information content (AvgIpc) is 3.01. The summed E-state index contributed by atoms with van der Waals surface area (Å²) >= 11 is 2.88. The fourth-order valence-electron chi connectivity index (χ4n) is 2.05. The quantitative estimate of drug-likeness (QED) is 0.692. The zero-order valence-electron chi connectivity index (χ0n) is 12.9. The molecule has 1 amide bonds. The molecular formula is C17H17N3OS2. The number of carbonyl (C=O) groups excluding carboxylic acids is 1. The highest BCUT2D eigenvalue weighted by atomic mass is 32.2. The van der Waals surface area contributed by atoms with E-state index in [-0.39, 0.29) is 11.8 Å². The van der Waals surface area contributed by atoms with Gasteiger partial charge < -0.3 is 0 Å². The van der Waals surface area contributed by atoms with Gasteiger partial charge in [0.05, 0.1) is 10.2 Å². The number of nitrogens with zero attached hydrogens (tertiary/aromatic N) is 2. The van der Waals surface area contributed by atoms with Crippen molar-refractivity contribution in [1.82, 2.24) is 14.7 Å². The Kier molecular flexibility index (Phi) is 4.93. The monoisotopic (exact) mass is 343 g/mol. The molecule has 2 aromatic heterocycles. The van der Waals surface area contributed by atoms with Crippen LogP contribution in [-0.4, -0.2) is 15.9 Å². The van der Waals surface area contributed by atoms with E-state index in [2.05, 4.69) is 32.9 Å². The summed E-state index contributed by atoms with van der Waals surface area (Å²) in [5, 5.41) is 0. The Hall–Kier alpha value is -1.92. The molecule has 1 unspecified atom stereocenters. The number of hydrogen-bond donors (Lipinski definition) is 1. The van der Waals surface area contributed by atoms with E-state index in [0.29, 0.717) is 0 Å². The van der Waals surface area contributed by atoms with E-state index in [1.165, 1.54) is 11.9 Å². The molecule has 0 aliphatic carbocycles. The normalized spacial score (nSPS) is 12.3. The first-order valence-corrected chi connectivity index (χ1v) is 9.08. The van der Waals surface area contributed by atoms with E-state index in [9.17, 15) is 4.79 Å². The molecule has 0 aliphatic rings. The summed E-state index contributed by atoms with van der Waals surface area (Å²) in [6.45, 7) is 3.93. The van der Waals surface area contributed by atoms with Crippen molar-refractivity contribution in [3.63, 3.8) is 0 Å². The van der Waals surface area contributed by atoms with Crippen LogP contribution in [-0.2, 0) is 4.79 Å². The summed E-state index contributed by atoms with van der Waals surface area (Å²) in [7, 11) is 0. The lowest BCUT2D eigenvalue weighted by atomic mass is 10.1. The van der Waals surface area contributed by atoms with Crippen LogP contribution >= 0.6 is 23.3 Å². The maximum Gasteiger partial charge on any atom is 0.232 e. The van der Waals surface area contributed by atoms with Crippen molar-refractivity contribution in [1.29, 1.82) is 0 Å². The van der Waals surface area contributed by atoms with Crippen LogP contribution in [0.3, 0.4) is 0 Å². The third-order valence-electron chi connectivity index (χ3n) is 3.68. The highest BCUT2D eigenvalue weighted by Gasteiger charge is 2.12. The Morgan fingerprint density at radius 2 is 2.04 bits per heavy atom. The smallest absolute Gasteiger partial charge is 0.232 e. The van der Waals surface area contributed by atoms with Crippen molar-refractivity contribution in [2.75, 3.05) is 0 Å². The lowest BCUT2D eigenvalue weighted by molar-refractivity contribution is -0.122. The number of pyridine rings is 1. The summed E-state index contributed by atoms with van der Waals surface area (Å²) < 4.78 is 4.84. The summed E-state index contributed by atoms with van der Waals surface area (Å²) in [6.07, 6.45) is 4.40. The molecule has 0 saturated carbocycles. The zero-order chi connectivity index (χ0) is 16.2. The molecule has 0 radical (unpaired) electrons. The van der Waals surface area contributed by atoms with Gasteiger partial charge in [-0.3, -0.25) is 14.5 Å². The van der Waals surface area contributed by atoms with Gasteiger partial charge in [-0.05, 0) is 41.8 Å². The van der Waals surface area contributed by atoms with Gasteiger partial charge in [-0.1, -0.05) is 19.9 Å². The number of benzene rings is 1. The third kappa shape index (κ3) is 3.71. The van der Waals surface area contributed by atoms with Gasteiger partial charge in [-0.15, -0.1) is 11.3 Å². The van der Waals surface area contributed by atoms with E-state index >= 15 is 0 Å². The second-order valence-corrected chi connectivity index (χ2v) is 7.36. The molecule has 1 N–H and O–H groups in total. The third-order valence-corrected chi connectivity index (χ3v) is 5.58. The van der Waals surface area contributed by atoms with Gasteiger partial charge in [0.2, 0.25) is 5.91 Å². The van der Waals surface area contributed by atoms with E-state index in [4.69, 9.17) is 0 Å². The van der Waals surface area contributed by atoms with E-state index in [1.807, 2.05) is 26.0 Å². The molecule has 0 bridgehead atoms. The molecule has 118 valence electrons. The fraction of sp³-hybridized carbons (Fsp3) is 0.235. The lowest BCUT2D eigenvalue weighted by Gasteiger charge is -2.06. The lowest BCUT2D eigenvalue weighted by Crippen LogP contribution is -2.22. The van der Waals surface area contributed by atoms with Crippen LogP contribution in [0.2, 0.25) is 0 Å². The van der Waals surface area contributed by atoms with Gasteiger partial charge >= 0.3 is 0 Å². The standard InChI is InChI=1S/C17H17N3OS2/c1-3-11(2)16(21)20-23-17-19-14-10-13(4-5-15(14)22-17)12-6-8-18-9-7-12/h4-11H,3H2,1-2H3,(H,20,21).